The van der Waals surface area contributed by atoms with Crippen molar-refractivity contribution in [3.63, 3.8) is 0 Å². The van der Waals surface area contributed by atoms with E-state index in [0.29, 0.717) is 12.2 Å². The second kappa shape index (κ2) is 10.5. The van der Waals surface area contributed by atoms with Crippen molar-refractivity contribution in [2.45, 2.75) is 39.0 Å². The van der Waals surface area contributed by atoms with Gasteiger partial charge in [-0.25, -0.2) is 4.68 Å². The first-order valence-electron chi connectivity index (χ1n) is 12.1. The Labute approximate surface area is 214 Å². The molecule has 1 aliphatic rings. The van der Waals surface area contributed by atoms with Gasteiger partial charge >= 0.3 is 0 Å². The van der Waals surface area contributed by atoms with Crippen LogP contribution in [-0.2, 0) is 22.4 Å². The Bertz CT molecular complexity index is 1350. The Balaban J connectivity index is 1.37. The second-order valence-corrected chi connectivity index (χ2v) is 10.2. The Hall–Kier alpha value is -3.75. The SMILES string of the molecule is Cc1cccc(CC(=O)Nc2cc(-c3cccs3)nn2C2NC(=O)C(Cc3ccccc3)C(C)N2)c1. The number of rotatable bonds is 7. The number of carbonyl (C=O) groups is 2. The minimum Gasteiger partial charge on any atom is -0.322 e. The fraction of sp³-hybridized carbons (Fsp3) is 0.250. The maximum Gasteiger partial charge on any atom is 0.229 e. The number of benzene rings is 2. The molecule has 2 aromatic carbocycles. The Morgan fingerprint density at radius 3 is 2.58 bits per heavy atom. The number of hydrogen-bond donors (Lipinski definition) is 3. The van der Waals surface area contributed by atoms with Crippen LogP contribution in [0.3, 0.4) is 0 Å². The molecule has 4 aromatic rings. The molecular weight excluding hydrogens is 470 g/mol. The molecule has 36 heavy (non-hydrogen) atoms. The molecule has 3 unspecified atom stereocenters. The summed E-state index contributed by atoms with van der Waals surface area (Å²) in [7, 11) is 0. The maximum atomic E-state index is 13.2. The molecule has 0 bridgehead atoms. The fourth-order valence-corrected chi connectivity index (χ4v) is 5.25. The third kappa shape index (κ3) is 5.40. The zero-order chi connectivity index (χ0) is 25.1. The van der Waals surface area contributed by atoms with Gasteiger partial charge in [0.2, 0.25) is 11.8 Å². The summed E-state index contributed by atoms with van der Waals surface area (Å²) in [6.07, 6.45) is 0.316. The maximum absolute atomic E-state index is 13.2. The van der Waals surface area contributed by atoms with Crippen LogP contribution in [0.4, 0.5) is 5.82 Å². The number of amides is 2. The van der Waals surface area contributed by atoms with E-state index < -0.39 is 6.29 Å². The summed E-state index contributed by atoms with van der Waals surface area (Å²) in [4.78, 5) is 27.1. The smallest absolute Gasteiger partial charge is 0.229 e. The standard InChI is InChI=1S/C28H29N5O2S/c1-18-8-6-11-21(14-18)16-26(34)30-25-17-23(24-12-7-13-36-24)32-33(25)28-29-19(2)22(27(35)31-28)15-20-9-4-3-5-10-20/h3-14,17,19,22,28-29H,15-16H2,1-2H3,(H,30,34)(H,31,35). The molecule has 7 nitrogen and oxygen atoms in total. The average Bonchev–Trinajstić information content (AvgIpc) is 3.52. The number of nitrogens with zero attached hydrogens (tertiary/aromatic N) is 2. The van der Waals surface area contributed by atoms with E-state index in [9.17, 15) is 9.59 Å². The van der Waals surface area contributed by atoms with Crippen molar-refractivity contribution >= 4 is 29.0 Å². The Morgan fingerprint density at radius 1 is 1.06 bits per heavy atom. The van der Waals surface area contributed by atoms with Gasteiger partial charge in [0, 0.05) is 12.1 Å². The number of aromatic nitrogens is 2. The Kier molecular flexibility index (Phi) is 6.97. The first-order valence-corrected chi connectivity index (χ1v) is 12.9. The number of carbonyl (C=O) groups excluding carboxylic acids is 2. The molecule has 1 aliphatic heterocycles. The number of aryl methyl sites for hydroxylation is 1. The van der Waals surface area contributed by atoms with E-state index in [-0.39, 0.29) is 30.2 Å². The van der Waals surface area contributed by atoms with Gasteiger partial charge in [0.25, 0.3) is 0 Å². The predicted octanol–water partition coefficient (Wildman–Crippen LogP) is 4.52. The molecule has 0 radical (unpaired) electrons. The second-order valence-electron chi connectivity index (χ2n) is 9.21. The van der Waals surface area contributed by atoms with Gasteiger partial charge in [0.1, 0.15) is 11.5 Å². The highest BCUT2D eigenvalue weighted by molar-refractivity contribution is 7.13. The van der Waals surface area contributed by atoms with E-state index in [0.717, 1.165) is 27.3 Å². The van der Waals surface area contributed by atoms with E-state index in [1.165, 1.54) is 0 Å². The van der Waals surface area contributed by atoms with Gasteiger partial charge < -0.3 is 10.6 Å². The normalized spacial score (nSPS) is 19.6. The van der Waals surface area contributed by atoms with Crippen LogP contribution >= 0.6 is 11.3 Å². The topological polar surface area (TPSA) is 88.1 Å². The van der Waals surface area contributed by atoms with Crippen molar-refractivity contribution in [1.82, 2.24) is 20.4 Å². The van der Waals surface area contributed by atoms with Gasteiger partial charge in [-0.2, -0.15) is 5.10 Å². The molecule has 0 spiro atoms. The first kappa shape index (κ1) is 24.0. The van der Waals surface area contributed by atoms with E-state index in [1.54, 1.807) is 16.0 Å². The van der Waals surface area contributed by atoms with Crippen LogP contribution in [0.5, 0.6) is 0 Å². The van der Waals surface area contributed by atoms with E-state index >= 15 is 0 Å². The molecule has 3 heterocycles. The van der Waals surface area contributed by atoms with Gasteiger partial charge in [0.15, 0.2) is 6.29 Å². The summed E-state index contributed by atoms with van der Waals surface area (Å²) in [6, 6.07) is 23.6. The van der Waals surface area contributed by atoms with Crippen molar-refractivity contribution < 1.29 is 9.59 Å². The summed E-state index contributed by atoms with van der Waals surface area (Å²) in [5.41, 5.74) is 3.91. The zero-order valence-electron chi connectivity index (χ0n) is 20.3. The highest BCUT2D eigenvalue weighted by Gasteiger charge is 2.35. The van der Waals surface area contributed by atoms with E-state index in [2.05, 4.69) is 16.0 Å². The highest BCUT2D eigenvalue weighted by Crippen LogP contribution is 2.29. The zero-order valence-corrected chi connectivity index (χ0v) is 21.1. The number of thiophene rings is 1. The molecule has 1 fully saturated rings. The molecule has 2 aromatic heterocycles. The molecule has 8 heteroatoms. The minimum absolute atomic E-state index is 0.0414. The summed E-state index contributed by atoms with van der Waals surface area (Å²) in [5, 5.41) is 16.3. The summed E-state index contributed by atoms with van der Waals surface area (Å²) in [6.45, 7) is 4.02. The molecule has 184 valence electrons. The summed E-state index contributed by atoms with van der Waals surface area (Å²) >= 11 is 1.57. The lowest BCUT2D eigenvalue weighted by atomic mass is 9.91. The molecule has 5 rings (SSSR count). The van der Waals surface area contributed by atoms with Gasteiger partial charge in [0.05, 0.1) is 17.2 Å². The van der Waals surface area contributed by atoms with E-state index in [1.807, 2.05) is 92.0 Å². The molecule has 0 saturated carbocycles. The summed E-state index contributed by atoms with van der Waals surface area (Å²) < 4.78 is 1.66. The highest BCUT2D eigenvalue weighted by atomic mass is 32.1. The van der Waals surface area contributed by atoms with Gasteiger partial charge in [-0.05, 0) is 42.8 Å². The van der Waals surface area contributed by atoms with E-state index in [4.69, 9.17) is 5.10 Å². The lowest BCUT2D eigenvalue weighted by Crippen LogP contribution is -2.58. The number of nitrogens with one attached hydrogen (secondary N) is 3. The average molecular weight is 500 g/mol. The lowest BCUT2D eigenvalue weighted by molar-refractivity contribution is -0.130. The van der Waals surface area contributed by atoms with Crippen LogP contribution < -0.4 is 16.0 Å². The third-order valence-electron chi connectivity index (χ3n) is 6.41. The van der Waals surface area contributed by atoms with Crippen molar-refractivity contribution in [1.29, 1.82) is 0 Å². The van der Waals surface area contributed by atoms with Crippen LogP contribution in [0, 0.1) is 12.8 Å². The fourth-order valence-electron chi connectivity index (χ4n) is 4.57. The van der Waals surface area contributed by atoms with Crippen LogP contribution in [0.1, 0.15) is 29.9 Å². The van der Waals surface area contributed by atoms with Crippen molar-refractivity contribution in [3.8, 4) is 10.6 Å². The number of anilines is 1. The van der Waals surface area contributed by atoms with Crippen molar-refractivity contribution in [2.24, 2.45) is 5.92 Å². The molecule has 1 saturated heterocycles. The monoisotopic (exact) mass is 499 g/mol. The predicted molar refractivity (Wildman–Crippen MR) is 142 cm³/mol. The van der Waals surface area contributed by atoms with Crippen LogP contribution in [0.25, 0.3) is 10.6 Å². The summed E-state index contributed by atoms with van der Waals surface area (Å²) in [5.74, 6) is 0.134. The van der Waals surface area contributed by atoms with Gasteiger partial charge in [-0.15, -0.1) is 11.3 Å². The Morgan fingerprint density at radius 2 is 1.86 bits per heavy atom. The molecule has 2 amide bonds. The van der Waals surface area contributed by atoms with Gasteiger partial charge in [-0.1, -0.05) is 66.2 Å². The van der Waals surface area contributed by atoms with Crippen molar-refractivity contribution in [3.05, 3.63) is 94.9 Å². The van der Waals surface area contributed by atoms with Crippen LogP contribution in [0.2, 0.25) is 0 Å². The molecule has 3 N–H and O–H groups in total. The molecular formula is C28H29N5O2S. The van der Waals surface area contributed by atoms with Crippen molar-refractivity contribution in [2.75, 3.05) is 5.32 Å². The molecule has 0 aliphatic carbocycles. The number of hydrogen-bond acceptors (Lipinski definition) is 5. The van der Waals surface area contributed by atoms with Crippen LogP contribution in [-0.4, -0.2) is 27.6 Å². The lowest BCUT2D eigenvalue weighted by Gasteiger charge is -2.36. The molecule has 3 atom stereocenters. The minimum atomic E-state index is -0.581. The third-order valence-corrected chi connectivity index (χ3v) is 7.30. The largest absolute Gasteiger partial charge is 0.322 e. The first-order chi connectivity index (χ1) is 17.5. The van der Waals surface area contributed by atoms with Gasteiger partial charge in [-0.3, -0.25) is 14.9 Å². The quantitative estimate of drug-likeness (QED) is 0.349. The van der Waals surface area contributed by atoms with Crippen LogP contribution in [0.15, 0.2) is 78.2 Å².